The van der Waals surface area contributed by atoms with Crippen molar-refractivity contribution in [2.24, 2.45) is 23.7 Å². The lowest BCUT2D eigenvalue weighted by Crippen LogP contribution is -2.30. The first-order chi connectivity index (χ1) is 42.7. The summed E-state index contributed by atoms with van der Waals surface area (Å²) in [5.41, 5.74) is 0. The van der Waals surface area contributed by atoms with Gasteiger partial charge in [0.2, 0.25) is 0 Å². The first kappa shape index (κ1) is 87.1. The van der Waals surface area contributed by atoms with Crippen molar-refractivity contribution in [3.8, 4) is 0 Å². The number of esters is 4. The molecule has 0 amide bonds. The molecule has 3 N–H and O–H groups in total. The van der Waals surface area contributed by atoms with Crippen LogP contribution in [-0.4, -0.2) is 96.7 Å². The van der Waals surface area contributed by atoms with Crippen molar-refractivity contribution in [3.05, 3.63) is 0 Å². The third-order valence-electron chi connectivity index (χ3n) is 17.2. The number of unbranched alkanes of at least 4 members (excludes halogenated alkanes) is 30. The van der Waals surface area contributed by atoms with E-state index in [1.807, 2.05) is 0 Å². The second-order valence-corrected chi connectivity index (χ2v) is 29.4. The van der Waals surface area contributed by atoms with Crippen LogP contribution in [0.4, 0.5) is 0 Å². The molecule has 0 rings (SSSR count). The lowest BCUT2D eigenvalue weighted by molar-refractivity contribution is -0.161. The molecule has 0 aromatic heterocycles. The van der Waals surface area contributed by atoms with Gasteiger partial charge >= 0.3 is 39.5 Å². The molecule has 0 radical (unpaired) electrons. The van der Waals surface area contributed by atoms with E-state index in [9.17, 15) is 43.2 Å². The van der Waals surface area contributed by atoms with Gasteiger partial charge in [-0.3, -0.25) is 37.3 Å². The second-order valence-electron chi connectivity index (χ2n) is 26.5. The van der Waals surface area contributed by atoms with Crippen LogP contribution in [0.25, 0.3) is 0 Å². The van der Waals surface area contributed by atoms with E-state index in [4.69, 9.17) is 37.0 Å². The molecule has 0 fully saturated rings. The Bertz CT molecular complexity index is 1770. The average molecular weight is 1310 g/mol. The summed E-state index contributed by atoms with van der Waals surface area (Å²) in [5, 5.41) is 10.6. The molecule has 0 aliphatic heterocycles. The summed E-state index contributed by atoms with van der Waals surface area (Å²) in [5.74, 6) is 0.884. The van der Waals surface area contributed by atoms with Gasteiger partial charge in [0.05, 0.1) is 26.4 Å². The summed E-state index contributed by atoms with van der Waals surface area (Å²) in [7, 11) is -9.90. The third kappa shape index (κ3) is 60.7. The standard InChI is InChI=1S/C70H136O17P2/c1-9-61(6)47-39-31-22-18-16-14-12-13-15-17-19-24-34-42-50-67(72)80-56-66(87-70(75)53-45-37-29-27-33-41-49-63(8)11-3)59-85-89(78,79)83-55-64(71)54-82-88(76,77)84-58-65(57-81-68(73)51-43-35-28-26-30-38-46-60(4)5)86-69(74)52-44-36-25-21-20-23-32-40-48-62(7)10-2/h60-66,71H,9-59H2,1-8H3,(H,76,77)(H,78,79)/t61?,62?,63?,64-,65+,66+/m0/s1. The van der Waals surface area contributed by atoms with Gasteiger partial charge in [-0.1, -0.05) is 293 Å². The number of carbonyl (C=O) groups excluding carboxylic acids is 4. The fraction of sp³-hybridized carbons (Fsp3) is 0.943. The number of rotatable bonds is 67. The van der Waals surface area contributed by atoms with Crippen molar-refractivity contribution in [2.45, 2.75) is 363 Å². The van der Waals surface area contributed by atoms with Crippen LogP contribution >= 0.6 is 15.6 Å². The predicted octanol–water partition coefficient (Wildman–Crippen LogP) is 19.7. The highest BCUT2D eigenvalue weighted by Gasteiger charge is 2.30. The minimum atomic E-state index is -4.95. The third-order valence-corrected chi connectivity index (χ3v) is 19.1. The Hall–Kier alpha value is -1.94. The number of aliphatic hydroxyl groups excluding tert-OH is 1. The van der Waals surface area contributed by atoms with Gasteiger partial charge in [-0.15, -0.1) is 0 Å². The molecule has 0 spiro atoms. The quantitative estimate of drug-likeness (QED) is 0.0222. The summed E-state index contributed by atoms with van der Waals surface area (Å²) in [6, 6.07) is 0. The molecule has 528 valence electrons. The summed E-state index contributed by atoms with van der Waals surface area (Å²) < 4.78 is 68.2. The number of phosphoric acid groups is 2. The molecule has 5 unspecified atom stereocenters. The predicted molar refractivity (Wildman–Crippen MR) is 358 cm³/mol. The molecule has 0 bridgehead atoms. The Morgan fingerprint density at radius 2 is 0.539 bits per heavy atom. The van der Waals surface area contributed by atoms with Crippen molar-refractivity contribution in [3.63, 3.8) is 0 Å². The molecule has 0 saturated carbocycles. The van der Waals surface area contributed by atoms with Crippen molar-refractivity contribution in [2.75, 3.05) is 39.6 Å². The van der Waals surface area contributed by atoms with Gasteiger partial charge in [-0.2, -0.15) is 0 Å². The van der Waals surface area contributed by atoms with E-state index < -0.39 is 97.5 Å². The zero-order valence-corrected chi connectivity index (χ0v) is 59.8. The molecule has 19 heteroatoms. The molecule has 0 heterocycles. The maximum atomic E-state index is 13.0. The van der Waals surface area contributed by atoms with Crippen LogP contribution in [0.2, 0.25) is 0 Å². The van der Waals surface area contributed by atoms with E-state index in [0.29, 0.717) is 31.6 Å². The summed E-state index contributed by atoms with van der Waals surface area (Å²) >= 11 is 0. The molecule has 0 aliphatic carbocycles. The minimum Gasteiger partial charge on any atom is -0.462 e. The van der Waals surface area contributed by atoms with Crippen LogP contribution < -0.4 is 0 Å². The SMILES string of the molecule is CCC(C)CCCCCCCCCCCCCCCCC(=O)OC[C@H](COP(=O)(O)OC[C@@H](O)COP(=O)(O)OC[C@@H](COC(=O)CCCCCCCCC(C)C)OC(=O)CCCCCCCCCCC(C)CC)OC(=O)CCCCCCCCC(C)CC. The normalized spacial score (nSPS) is 15.2. The number of phosphoric ester groups is 2. The molecular weight excluding hydrogens is 1170 g/mol. The largest absolute Gasteiger partial charge is 0.472 e. The van der Waals surface area contributed by atoms with E-state index >= 15 is 0 Å². The topological polar surface area (TPSA) is 237 Å². The van der Waals surface area contributed by atoms with Crippen molar-refractivity contribution < 1.29 is 80.2 Å². The van der Waals surface area contributed by atoms with E-state index in [-0.39, 0.29) is 25.7 Å². The Morgan fingerprint density at radius 3 is 0.798 bits per heavy atom. The molecule has 0 saturated heterocycles. The Morgan fingerprint density at radius 1 is 0.315 bits per heavy atom. The summed E-state index contributed by atoms with van der Waals surface area (Å²) in [6.07, 6.45) is 41.8. The van der Waals surface area contributed by atoms with Gasteiger partial charge in [0.1, 0.15) is 19.3 Å². The highest BCUT2D eigenvalue weighted by atomic mass is 31.2. The van der Waals surface area contributed by atoms with E-state index in [1.54, 1.807) is 0 Å². The Balaban J connectivity index is 5.19. The van der Waals surface area contributed by atoms with Crippen LogP contribution in [0.1, 0.15) is 344 Å². The second kappa shape index (κ2) is 59.8. The van der Waals surface area contributed by atoms with Crippen LogP contribution in [0.15, 0.2) is 0 Å². The van der Waals surface area contributed by atoms with Gasteiger partial charge in [0.25, 0.3) is 0 Å². The monoisotopic (exact) mass is 1310 g/mol. The van der Waals surface area contributed by atoms with Gasteiger partial charge in [0, 0.05) is 25.7 Å². The van der Waals surface area contributed by atoms with Crippen LogP contribution in [0.5, 0.6) is 0 Å². The summed E-state index contributed by atoms with van der Waals surface area (Å²) in [4.78, 5) is 72.5. The Kier molecular flexibility index (Phi) is 58.5. The fourth-order valence-corrected chi connectivity index (χ4v) is 12.0. The smallest absolute Gasteiger partial charge is 0.462 e. The highest BCUT2D eigenvalue weighted by Crippen LogP contribution is 2.45. The number of carbonyl (C=O) groups is 4. The summed E-state index contributed by atoms with van der Waals surface area (Å²) in [6.45, 7) is 14.1. The van der Waals surface area contributed by atoms with Gasteiger partial charge in [-0.25, -0.2) is 9.13 Å². The van der Waals surface area contributed by atoms with E-state index in [2.05, 4.69) is 55.4 Å². The zero-order valence-electron chi connectivity index (χ0n) is 58.1. The molecule has 17 nitrogen and oxygen atoms in total. The first-order valence-electron chi connectivity index (χ1n) is 36.3. The number of hydrogen-bond donors (Lipinski definition) is 3. The van der Waals surface area contributed by atoms with Crippen LogP contribution in [0, 0.1) is 23.7 Å². The number of ether oxygens (including phenoxy) is 4. The van der Waals surface area contributed by atoms with Crippen LogP contribution in [0.3, 0.4) is 0 Å². The molecule has 0 aromatic carbocycles. The molecular formula is C70H136O17P2. The van der Waals surface area contributed by atoms with Gasteiger partial charge < -0.3 is 33.8 Å². The maximum Gasteiger partial charge on any atom is 0.472 e. The molecule has 89 heavy (non-hydrogen) atoms. The van der Waals surface area contributed by atoms with Crippen LogP contribution in [-0.2, 0) is 65.4 Å². The highest BCUT2D eigenvalue weighted by molar-refractivity contribution is 7.47. The van der Waals surface area contributed by atoms with Crippen molar-refractivity contribution in [1.29, 1.82) is 0 Å². The van der Waals surface area contributed by atoms with Gasteiger partial charge in [-0.05, 0) is 49.4 Å². The number of aliphatic hydroxyl groups is 1. The lowest BCUT2D eigenvalue weighted by Gasteiger charge is -2.21. The van der Waals surface area contributed by atoms with Crippen molar-refractivity contribution in [1.82, 2.24) is 0 Å². The molecule has 0 aromatic rings. The van der Waals surface area contributed by atoms with Crippen molar-refractivity contribution >= 4 is 39.5 Å². The van der Waals surface area contributed by atoms with Gasteiger partial charge in [0.15, 0.2) is 12.2 Å². The Labute approximate surface area is 543 Å². The minimum absolute atomic E-state index is 0.103. The lowest BCUT2D eigenvalue weighted by atomic mass is 9.99. The van der Waals surface area contributed by atoms with E-state index in [0.717, 1.165) is 114 Å². The van der Waals surface area contributed by atoms with E-state index in [1.165, 1.54) is 141 Å². The first-order valence-corrected chi connectivity index (χ1v) is 39.3. The number of hydrogen-bond acceptors (Lipinski definition) is 15. The zero-order chi connectivity index (χ0) is 66.1. The average Bonchev–Trinajstić information content (AvgIpc) is 3.72. The molecule has 0 aliphatic rings. The molecule has 8 atom stereocenters. The fourth-order valence-electron chi connectivity index (χ4n) is 10.4. The maximum absolute atomic E-state index is 13.0.